The van der Waals surface area contributed by atoms with Gasteiger partial charge in [0.15, 0.2) is 11.8 Å². The van der Waals surface area contributed by atoms with Crippen molar-refractivity contribution in [2.45, 2.75) is 13.5 Å². The van der Waals surface area contributed by atoms with Gasteiger partial charge < -0.3 is 13.9 Å². The van der Waals surface area contributed by atoms with Gasteiger partial charge in [0, 0.05) is 5.56 Å². The molecule has 0 saturated carbocycles. The number of amidine groups is 1. The zero-order valence-electron chi connectivity index (χ0n) is 18.0. The Hall–Kier alpha value is -3.78. The van der Waals surface area contributed by atoms with Crippen LogP contribution in [0.3, 0.4) is 0 Å². The van der Waals surface area contributed by atoms with Crippen LogP contribution in [-0.4, -0.2) is 35.2 Å². The third-order valence-electron chi connectivity index (χ3n) is 4.62. The molecule has 1 saturated heterocycles. The van der Waals surface area contributed by atoms with Gasteiger partial charge in [-0.05, 0) is 55.1 Å². The van der Waals surface area contributed by atoms with Gasteiger partial charge in [0.2, 0.25) is 0 Å². The van der Waals surface area contributed by atoms with Crippen LogP contribution in [0.5, 0.6) is 5.75 Å². The van der Waals surface area contributed by atoms with Gasteiger partial charge >= 0.3 is 5.97 Å². The Bertz CT molecular complexity index is 1170. The van der Waals surface area contributed by atoms with E-state index in [0.29, 0.717) is 27.1 Å². The van der Waals surface area contributed by atoms with Crippen LogP contribution < -0.4 is 4.74 Å². The van der Waals surface area contributed by atoms with Crippen molar-refractivity contribution < 1.29 is 23.5 Å². The van der Waals surface area contributed by atoms with Crippen molar-refractivity contribution in [2.24, 2.45) is 4.99 Å². The largest absolute Gasteiger partial charge is 0.481 e. The van der Waals surface area contributed by atoms with Crippen LogP contribution in [0.1, 0.15) is 18.2 Å². The number of rotatable bonds is 8. The number of ether oxygens (including phenoxy) is 2. The molecule has 0 unspecified atom stereocenters. The third kappa shape index (κ3) is 5.72. The van der Waals surface area contributed by atoms with Crippen LogP contribution >= 0.6 is 11.8 Å². The Labute approximate surface area is 195 Å². The Balaban J connectivity index is 1.62. The summed E-state index contributed by atoms with van der Waals surface area (Å²) in [6, 6.07) is 20.3. The zero-order chi connectivity index (χ0) is 23.0. The molecular formula is C25H22N2O5S. The summed E-state index contributed by atoms with van der Waals surface area (Å²) in [6.45, 7) is 2.08. The van der Waals surface area contributed by atoms with Gasteiger partial charge in [-0.1, -0.05) is 36.4 Å². The molecule has 3 aromatic rings. The first-order valence-corrected chi connectivity index (χ1v) is 11.2. The molecule has 2 aromatic carbocycles. The predicted octanol–water partition coefficient (Wildman–Crippen LogP) is 5.03. The van der Waals surface area contributed by atoms with Crippen molar-refractivity contribution >= 4 is 40.6 Å². The molecular weight excluding hydrogens is 440 g/mol. The van der Waals surface area contributed by atoms with Crippen molar-refractivity contribution in [3.8, 4) is 5.75 Å². The van der Waals surface area contributed by atoms with Crippen molar-refractivity contribution in [1.29, 1.82) is 0 Å². The number of thioether (sulfide) groups is 1. The minimum absolute atomic E-state index is 0.189. The van der Waals surface area contributed by atoms with E-state index in [0.717, 1.165) is 5.69 Å². The first-order chi connectivity index (χ1) is 16.1. The molecule has 33 heavy (non-hydrogen) atoms. The lowest BCUT2D eigenvalue weighted by Gasteiger charge is -2.13. The second-order valence-electron chi connectivity index (χ2n) is 6.94. The van der Waals surface area contributed by atoms with E-state index in [9.17, 15) is 9.59 Å². The van der Waals surface area contributed by atoms with Gasteiger partial charge in [0.05, 0.1) is 30.0 Å². The van der Waals surface area contributed by atoms with Crippen LogP contribution in [0.4, 0.5) is 5.69 Å². The third-order valence-corrected chi connectivity index (χ3v) is 5.63. The van der Waals surface area contributed by atoms with Crippen LogP contribution in [0.2, 0.25) is 0 Å². The molecule has 168 valence electrons. The predicted molar refractivity (Wildman–Crippen MR) is 127 cm³/mol. The Morgan fingerprint density at radius 3 is 2.64 bits per heavy atom. The molecule has 1 aromatic heterocycles. The second-order valence-corrected chi connectivity index (χ2v) is 7.95. The second kappa shape index (κ2) is 10.7. The summed E-state index contributed by atoms with van der Waals surface area (Å²) in [4.78, 5) is 31.7. The maximum atomic E-state index is 13.3. The molecule has 1 amide bonds. The minimum Gasteiger partial charge on any atom is -0.481 e. The zero-order valence-corrected chi connectivity index (χ0v) is 18.8. The van der Waals surface area contributed by atoms with Crippen molar-refractivity contribution in [2.75, 3.05) is 13.2 Å². The molecule has 0 spiro atoms. The standard InChI is InChI=1S/C25H22N2O5S/c1-2-30-23(28)17-32-21-13-7-6-9-18(21)15-22-24(29)27(16-20-12-8-14-31-20)25(33-22)26-19-10-4-3-5-11-19/h3-15H,2,16-17H2,1H3/b22-15-,26-25?. The average molecular weight is 463 g/mol. The summed E-state index contributed by atoms with van der Waals surface area (Å²) in [6.07, 6.45) is 3.32. The van der Waals surface area contributed by atoms with Gasteiger partial charge in [-0.25, -0.2) is 9.79 Å². The number of nitrogens with zero attached hydrogens (tertiary/aromatic N) is 2. The number of furan rings is 1. The summed E-state index contributed by atoms with van der Waals surface area (Å²) in [5.41, 5.74) is 1.42. The number of esters is 1. The van der Waals surface area contributed by atoms with E-state index in [1.54, 1.807) is 42.4 Å². The maximum absolute atomic E-state index is 13.3. The fourth-order valence-electron chi connectivity index (χ4n) is 3.11. The van der Waals surface area contributed by atoms with Crippen LogP contribution in [0.25, 0.3) is 6.08 Å². The van der Waals surface area contributed by atoms with Gasteiger partial charge in [-0.15, -0.1) is 0 Å². The number of carbonyl (C=O) groups is 2. The smallest absolute Gasteiger partial charge is 0.344 e. The van der Waals surface area contributed by atoms with Crippen LogP contribution in [0, 0.1) is 0 Å². The highest BCUT2D eigenvalue weighted by atomic mass is 32.2. The SMILES string of the molecule is CCOC(=O)COc1ccccc1/C=C1\SC(=Nc2ccccc2)N(Cc2ccco2)C1=O. The lowest BCUT2D eigenvalue weighted by Crippen LogP contribution is -2.28. The molecule has 1 aliphatic rings. The van der Waals surface area contributed by atoms with E-state index in [1.807, 2.05) is 48.5 Å². The lowest BCUT2D eigenvalue weighted by atomic mass is 10.2. The summed E-state index contributed by atoms with van der Waals surface area (Å²) in [7, 11) is 0. The highest BCUT2D eigenvalue weighted by molar-refractivity contribution is 8.18. The van der Waals surface area contributed by atoms with E-state index in [4.69, 9.17) is 13.9 Å². The Kier molecular flexibility index (Phi) is 7.26. The van der Waals surface area contributed by atoms with E-state index in [1.165, 1.54) is 11.8 Å². The molecule has 1 fully saturated rings. The van der Waals surface area contributed by atoms with Crippen molar-refractivity contribution in [3.05, 3.63) is 89.2 Å². The quantitative estimate of drug-likeness (QED) is 0.345. The molecule has 2 heterocycles. The summed E-state index contributed by atoms with van der Waals surface area (Å²) < 4.78 is 16.0. The highest BCUT2D eigenvalue weighted by Crippen LogP contribution is 2.36. The monoisotopic (exact) mass is 462 g/mol. The number of hydrogen-bond donors (Lipinski definition) is 0. The number of para-hydroxylation sites is 2. The summed E-state index contributed by atoms with van der Waals surface area (Å²) in [5.74, 6) is 0.501. The fourth-order valence-corrected chi connectivity index (χ4v) is 4.10. The molecule has 0 N–H and O–H groups in total. The number of hydrogen-bond acceptors (Lipinski definition) is 7. The highest BCUT2D eigenvalue weighted by Gasteiger charge is 2.34. The van der Waals surface area contributed by atoms with Gasteiger partial charge in [0.1, 0.15) is 11.5 Å². The van der Waals surface area contributed by atoms with Crippen molar-refractivity contribution in [3.63, 3.8) is 0 Å². The van der Waals surface area contributed by atoms with Gasteiger partial charge in [-0.2, -0.15) is 0 Å². The minimum atomic E-state index is -0.451. The summed E-state index contributed by atoms with van der Waals surface area (Å²) >= 11 is 1.28. The van der Waals surface area contributed by atoms with E-state index < -0.39 is 5.97 Å². The molecule has 7 nitrogen and oxygen atoms in total. The maximum Gasteiger partial charge on any atom is 0.344 e. The first kappa shape index (κ1) is 22.4. The number of amides is 1. The fraction of sp³-hybridized carbons (Fsp3) is 0.160. The number of aliphatic imine (C=N–C) groups is 1. The molecule has 0 aliphatic carbocycles. The summed E-state index contributed by atoms with van der Waals surface area (Å²) in [5, 5.41) is 0.554. The van der Waals surface area contributed by atoms with Gasteiger partial charge in [0.25, 0.3) is 5.91 Å². The normalized spacial score (nSPS) is 15.9. The van der Waals surface area contributed by atoms with E-state index in [-0.39, 0.29) is 25.7 Å². The first-order valence-electron chi connectivity index (χ1n) is 10.4. The Morgan fingerprint density at radius 1 is 1.09 bits per heavy atom. The van der Waals surface area contributed by atoms with Crippen molar-refractivity contribution in [1.82, 2.24) is 4.90 Å². The molecule has 1 aliphatic heterocycles. The molecule has 4 rings (SSSR count). The van der Waals surface area contributed by atoms with E-state index >= 15 is 0 Å². The van der Waals surface area contributed by atoms with E-state index in [2.05, 4.69) is 4.99 Å². The van der Waals surface area contributed by atoms with Gasteiger partial charge in [-0.3, -0.25) is 9.69 Å². The number of carbonyl (C=O) groups excluding carboxylic acids is 2. The number of benzene rings is 2. The molecule has 0 bridgehead atoms. The Morgan fingerprint density at radius 2 is 1.88 bits per heavy atom. The molecule has 0 radical (unpaired) electrons. The topological polar surface area (TPSA) is 81.3 Å². The van der Waals surface area contributed by atoms with Crippen LogP contribution in [0.15, 0.2) is 87.3 Å². The lowest BCUT2D eigenvalue weighted by molar-refractivity contribution is -0.145. The van der Waals surface area contributed by atoms with Crippen LogP contribution in [-0.2, 0) is 20.9 Å². The molecule has 0 atom stereocenters. The average Bonchev–Trinajstić information content (AvgIpc) is 3.44. The molecule has 8 heteroatoms.